The van der Waals surface area contributed by atoms with Crippen LogP contribution in [0.25, 0.3) is 0 Å². The van der Waals surface area contributed by atoms with Gasteiger partial charge < -0.3 is 20.9 Å². The number of aliphatic imine (C=N–C) groups is 1. The van der Waals surface area contributed by atoms with E-state index in [1.807, 2.05) is 18.2 Å². The number of nitrogens with one attached hydrogen (secondary N) is 2. The largest absolute Gasteiger partial charge is 0.366 e. The van der Waals surface area contributed by atoms with Gasteiger partial charge in [-0.3, -0.25) is 9.79 Å². The van der Waals surface area contributed by atoms with Gasteiger partial charge in [-0.1, -0.05) is 31.1 Å². The van der Waals surface area contributed by atoms with E-state index < -0.39 is 5.91 Å². The van der Waals surface area contributed by atoms with E-state index in [0.29, 0.717) is 30.5 Å². The van der Waals surface area contributed by atoms with Gasteiger partial charge in [0.05, 0.1) is 12.2 Å². The Morgan fingerprint density at radius 2 is 1.92 bits per heavy atom. The zero-order valence-electron chi connectivity index (χ0n) is 14.2. The number of carbonyl (C=O) groups is 1. The normalized spacial score (nSPS) is 11.6. The highest BCUT2D eigenvalue weighted by Gasteiger charge is 2.08. The first-order valence-electron chi connectivity index (χ1n) is 7.78. The van der Waals surface area contributed by atoms with E-state index in [1.54, 1.807) is 19.2 Å². The van der Waals surface area contributed by atoms with Crippen molar-refractivity contribution in [3.05, 3.63) is 52.9 Å². The second-order valence-corrected chi connectivity index (χ2v) is 5.71. The van der Waals surface area contributed by atoms with E-state index in [2.05, 4.69) is 34.6 Å². The molecule has 1 heterocycles. The van der Waals surface area contributed by atoms with Crippen molar-refractivity contribution in [3.63, 3.8) is 0 Å². The van der Waals surface area contributed by atoms with Crippen molar-refractivity contribution in [1.82, 2.24) is 15.8 Å². The first kappa shape index (κ1) is 17.5. The number of carbonyl (C=O) groups excluding carboxylic acids is 1. The molecule has 1 aromatic heterocycles. The Hall–Kier alpha value is -2.83. The van der Waals surface area contributed by atoms with Gasteiger partial charge in [0.25, 0.3) is 0 Å². The van der Waals surface area contributed by atoms with Gasteiger partial charge in [0.2, 0.25) is 5.91 Å². The van der Waals surface area contributed by atoms with Crippen LogP contribution in [-0.2, 0) is 13.1 Å². The number of nitrogens with zero attached hydrogens (tertiary/aromatic N) is 2. The minimum Gasteiger partial charge on any atom is -0.366 e. The molecule has 7 nitrogen and oxygen atoms in total. The molecule has 1 aromatic carbocycles. The van der Waals surface area contributed by atoms with Crippen LogP contribution in [0.1, 0.15) is 47.1 Å². The van der Waals surface area contributed by atoms with Gasteiger partial charge in [-0.2, -0.15) is 0 Å². The maximum atomic E-state index is 11.1. The second-order valence-electron chi connectivity index (χ2n) is 5.71. The molecule has 0 bridgehead atoms. The van der Waals surface area contributed by atoms with Crippen molar-refractivity contribution in [1.29, 1.82) is 0 Å². The summed E-state index contributed by atoms with van der Waals surface area (Å²) in [6.45, 7) is 5.21. The maximum absolute atomic E-state index is 11.1. The van der Waals surface area contributed by atoms with Crippen LogP contribution >= 0.6 is 0 Å². The van der Waals surface area contributed by atoms with Crippen molar-refractivity contribution in [2.45, 2.75) is 32.9 Å². The quantitative estimate of drug-likeness (QED) is 0.553. The molecule has 7 heteroatoms. The lowest BCUT2D eigenvalue weighted by molar-refractivity contribution is 0.100. The van der Waals surface area contributed by atoms with Crippen molar-refractivity contribution >= 4 is 11.9 Å². The van der Waals surface area contributed by atoms with Crippen molar-refractivity contribution in [3.8, 4) is 0 Å². The lowest BCUT2D eigenvalue weighted by Gasteiger charge is -2.11. The highest BCUT2D eigenvalue weighted by atomic mass is 16.5. The van der Waals surface area contributed by atoms with Crippen LogP contribution in [0.5, 0.6) is 0 Å². The van der Waals surface area contributed by atoms with Crippen molar-refractivity contribution < 1.29 is 9.32 Å². The first-order chi connectivity index (χ1) is 11.5. The fourth-order valence-electron chi connectivity index (χ4n) is 2.05. The van der Waals surface area contributed by atoms with Crippen LogP contribution < -0.4 is 16.4 Å². The molecule has 0 atom stereocenters. The number of nitrogens with two attached hydrogens (primary N) is 1. The molecular formula is C17H23N5O2. The third-order valence-corrected chi connectivity index (χ3v) is 3.52. The number of benzene rings is 1. The molecule has 0 spiro atoms. The summed E-state index contributed by atoms with van der Waals surface area (Å²) in [6.07, 6.45) is 0. The minimum atomic E-state index is -0.431. The summed E-state index contributed by atoms with van der Waals surface area (Å²) in [4.78, 5) is 15.2. The molecule has 2 aromatic rings. The molecule has 0 aliphatic heterocycles. The molecule has 0 aliphatic carbocycles. The van der Waals surface area contributed by atoms with Crippen LogP contribution in [-0.4, -0.2) is 24.1 Å². The standard InChI is InChI=1S/C17H23N5O2/c1-11(2)15-8-14(24-22-15)10-21-17(19-3)20-9-12-4-6-13(7-5-12)16(18)23/h4-8,11H,9-10H2,1-3H3,(H2,18,23)(H2,19,20,21). The highest BCUT2D eigenvalue weighted by Crippen LogP contribution is 2.13. The van der Waals surface area contributed by atoms with Crippen LogP contribution in [0.2, 0.25) is 0 Å². The predicted octanol–water partition coefficient (Wildman–Crippen LogP) is 1.76. The molecular weight excluding hydrogens is 306 g/mol. The Morgan fingerprint density at radius 1 is 1.25 bits per heavy atom. The van der Waals surface area contributed by atoms with E-state index in [9.17, 15) is 4.79 Å². The van der Waals surface area contributed by atoms with Gasteiger partial charge >= 0.3 is 0 Å². The monoisotopic (exact) mass is 329 g/mol. The Labute approximate surface area is 141 Å². The number of rotatable bonds is 6. The summed E-state index contributed by atoms with van der Waals surface area (Å²) < 4.78 is 5.28. The molecule has 0 radical (unpaired) electrons. The smallest absolute Gasteiger partial charge is 0.248 e. The molecule has 0 saturated carbocycles. The average Bonchev–Trinajstić information content (AvgIpc) is 3.04. The lowest BCUT2D eigenvalue weighted by atomic mass is 10.1. The molecule has 24 heavy (non-hydrogen) atoms. The van der Waals surface area contributed by atoms with Crippen molar-refractivity contribution in [2.24, 2.45) is 10.7 Å². The summed E-state index contributed by atoms with van der Waals surface area (Å²) in [6, 6.07) is 9.06. The molecule has 128 valence electrons. The number of hydrogen-bond donors (Lipinski definition) is 3. The summed E-state index contributed by atoms with van der Waals surface area (Å²) in [5.41, 5.74) is 7.67. The van der Waals surface area contributed by atoms with Gasteiger partial charge in [0, 0.05) is 25.2 Å². The fraction of sp³-hybridized carbons (Fsp3) is 0.353. The molecule has 1 amide bonds. The van der Waals surface area contributed by atoms with Crippen LogP contribution in [0.4, 0.5) is 0 Å². The van der Waals surface area contributed by atoms with Gasteiger partial charge in [-0.25, -0.2) is 0 Å². The molecule has 0 aliphatic rings. The van der Waals surface area contributed by atoms with E-state index >= 15 is 0 Å². The van der Waals surface area contributed by atoms with Gasteiger partial charge in [0.15, 0.2) is 11.7 Å². The topological polar surface area (TPSA) is 106 Å². The number of hydrogen-bond acceptors (Lipinski definition) is 4. The SMILES string of the molecule is CN=C(NCc1ccc(C(N)=O)cc1)NCc1cc(C(C)C)no1. The Balaban J connectivity index is 1.84. The second kappa shape index (κ2) is 8.14. The van der Waals surface area contributed by atoms with E-state index in [1.165, 1.54) is 0 Å². The number of guanidine groups is 1. The summed E-state index contributed by atoms with van der Waals surface area (Å²) in [7, 11) is 1.70. The fourth-order valence-corrected chi connectivity index (χ4v) is 2.05. The van der Waals surface area contributed by atoms with Crippen LogP contribution in [0.3, 0.4) is 0 Å². The first-order valence-corrected chi connectivity index (χ1v) is 7.78. The van der Waals surface area contributed by atoms with Gasteiger partial charge in [0.1, 0.15) is 0 Å². The molecule has 0 saturated heterocycles. The Morgan fingerprint density at radius 3 is 2.46 bits per heavy atom. The molecule has 2 rings (SSSR count). The van der Waals surface area contributed by atoms with Gasteiger partial charge in [-0.05, 0) is 23.6 Å². The number of primary amides is 1. The zero-order valence-corrected chi connectivity index (χ0v) is 14.2. The number of amides is 1. The average molecular weight is 329 g/mol. The summed E-state index contributed by atoms with van der Waals surface area (Å²) in [5.74, 6) is 1.31. The molecule has 0 fully saturated rings. The van der Waals surface area contributed by atoms with Crippen LogP contribution in [0, 0.1) is 0 Å². The minimum absolute atomic E-state index is 0.336. The summed E-state index contributed by atoms with van der Waals surface area (Å²) in [5, 5.41) is 10.4. The van der Waals surface area contributed by atoms with E-state index in [4.69, 9.17) is 10.3 Å². The molecule has 0 unspecified atom stereocenters. The Bertz CT molecular complexity index is 704. The van der Waals surface area contributed by atoms with E-state index in [0.717, 1.165) is 17.0 Å². The van der Waals surface area contributed by atoms with Crippen molar-refractivity contribution in [2.75, 3.05) is 7.05 Å². The zero-order chi connectivity index (χ0) is 17.5. The highest BCUT2D eigenvalue weighted by molar-refractivity contribution is 5.92. The summed E-state index contributed by atoms with van der Waals surface area (Å²) >= 11 is 0. The van der Waals surface area contributed by atoms with Crippen LogP contribution in [0.15, 0.2) is 39.8 Å². The molecule has 4 N–H and O–H groups in total. The van der Waals surface area contributed by atoms with E-state index in [-0.39, 0.29) is 0 Å². The number of aromatic nitrogens is 1. The van der Waals surface area contributed by atoms with Gasteiger partial charge in [-0.15, -0.1) is 0 Å². The predicted molar refractivity (Wildman–Crippen MR) is 92.6 cm³/mol. The third kappa shape index (κ3) is 4.84. The third-order valence-electron chi connectivity index (χ3n) is 3.52. The Kier molecular flexibility index (Phi) is 5.95. The maximum Gasteiger partial charge on any atom is 0.248 e. The lowest BCUT2D eigenvalue weighted by Crippen LogP contribution is -2.36.